The van der Waals surface area contributed by atoms with Crippen LogP contribution in [0.5, 0.6) is 11.5 Å². The Morgan fingerprint density at radius 2 is 1.84 bits per heavy atom. The van der Waals surface area contributed by atoms with E-state index in [-0.39, 0.29) is 42.2 Å². The van der Waals surface area contributed by atoms with Gasteiger partial charge in [-0.15, -0.1) is 24.0 Å². The molecule has 32 heavy (non-hydrogen) atoms. The molecule has 2 aromatic rings. The highest BCUT2D eigenvalue weighted by molar-refractivity contribution is 14.0. The molecule has 1 aliphatic rings. The molecule has 4 N–H and O–H groups in total. The number of aliphatic imine (C=N–C) groups is 1. The smallest absolute Gasteiger partial charge is 0.243 e. The lowest BCUT2D eigenvalue weighted by molar-refractivity contribution is -0.115. The van der Waals surface area contributed by atoms with Crippen molar-refractivity contribution in [3.05, 3.63) is 53.6 Å². The van der Waals surface area contributed by atoms with Crippen molar-refractivity contribution >= 4 is 41.5 Å². The fourth-order valence-corrected chi connectivity index (χ4v) is 3.51. The third-order valence-electron chi connectivity index (χ3n) is 5.14. The first kappa shape index (κ1) is 25.8. The number of anilines is 1. The Balaban J connectivity index is 0.00000363. The Morgan fingerprint density at radius 3 is 2.53 bits per heavy atom. The van der Waals surface area contributed by atoms with Gasteiger partial charge in [0.15, 0.2) is 5.96 Å². The number of amides is 1. The summed E-state index contributed by atoms with van der Waals surface area (Å²) in [5.74, 6) is 1.43. The van der Waals surface area contributed by atoms with E-state index in [1.807, 2.05) is 6.92 Å². The van der Waals surface area contributed by atoms with Gasteiger partial charge >= 0.3 is 0 Å². The van der Waals surface area contributed by atoms with E-state index in [1.165, 1.54) is 25.0 Å². The molecule has 0 radical (unpaired) electrons. The van der Waals surface area contributed by atoms with Crippen molar-refractivity contribution in [3.8, 4) is 11.5 Å². The number of hydrogen-bond donors (Lipinski definition) is 4. The molecule has 2 aromatic carbocycles. The quantitative estimate of drug-likeness (QED) is 0.169. The van der Waals surface area contributed by atoms with Crippen molar-refractivity contribution < 1.29 is 14.6 Å². The number of carbonyl (C=O) groups excluding carboxylic acids is 1. The summed E-state index contributed by atoms with van der Waals surface area (Å²) >= 11 is 0. The highest BCUT2D eigenvalue weighted by Gasteiger charge is 2.18. The van der Waals surface area contributed by atoms with Crippen LogP contribution in [0, 0.1) is 6.92 Å². The average molecular weight is 552 g/mol. The van der Waals surface area contributed by atoms with Crippen LogP contribution in [0.15, 0.2) is 47.5 Å². The molecule has 0 heterocycles. The first-order valence-corrected chi connectivity index (χ1v) is 10.9. The summed E-state index contributed by atoms with van der Waals surface area (Å²) in [5, 5.41) is 18.3. The Hall–Kier alpha value is -2.49. The molecule has 0 saturated heterocycles. The molecule has 1 fully saturated rings. The molecule has 8 heteroatoms. The molecule has 0 bridgehead atoms. The second kappa shape index (κ2) is 13.1. The maximum absolute atomic E-state index is 12.2. The van der Waals surface area contributed by atoms with Gasteiger partial charge in [-0.3, -0.25) is 4.79 Å². The van der Waals surface area contributed by atoms with Gasteiger partial charge in [-0.25, -0.2) is 4.99 Å². The van der Waals surface area contributed by atoms with E-state index in [0.29, 0.717) is 30.8 Å². The van der Waals surface area contributed by atoms with E-state index in [0.717, 1.165) is 29.7 Å². The van der Waals surface area contributed by atoms with Crippen LogP contribution in [0.3, 0.4) is 0 Å². The van der Waals surface area contributed by atoms with Gasteiger partial charge in [0, 0.05) is 17.8 Å². The van der Waals surface area contributed by atoms with E-state index in [4.69, 9.17) is 4.74 Å². The lowest BCUT2D eigenvalue weighted by atomic mass is 10.1. The zero-order chi connectivity index (χ0) is 22.1. The summed E-state index contributed by atoms with van der Waals surface area (Å²) in [6, 6.07) is 12.6. The van der Waals surface area contributed by atoms with Gasteiger partial charge in [0.25, 0.3) is 0 Å². The third-order valence-corrected chi connectivity index (χ3v) is 5.14. The van der Waals surface area contributed by atoms with Crippen LogP contribution < -0.4 is 20.7 Å². The van der Waals surface area contributed by atoms with E-state index < -0.39 is 0 Å². The number of halogens is 1. The summed E-state index contributed by atoms with van der Waals surface area (Å²) in [6.07, 6.45) is 4.96. The second-order valence-corrected chi connectivity index (χ2v) is 7.78. The first-order chi connectivity index (χ1) is 15.0. The molecule has 0 aromatic heterocycles. The van der Waals surface area contributed by atoms with Crippen LogP contribution >= 0.6 is 24.0 Å². The molecule has 1 aliphatic carbocycles. The second-order valence-electron chi connectivity index (χ2n) is 7.78. The maximum Gasteiger partial charge on any atom is 0.243 e. The van der Waals surface area contributed by atoms with Crippen molar-refractivity contribution in [2.75, 3.05) is 18.4 Å². The van der Waals surface area contributed by atoms with Crippen molar-refractivity contribution in [1.29, 1.82) is 0 Å². The number of aryl methyl sites for hydroxylation is 1. The van der Waals surface area contributed by atoms with Gasteiger partial charge in [0.05, 0.1) is 19.2 Å². The van der Waals surface area contributed by atoms with Crippen LogP contribution in [-0.4, -0.2) is 36.2 Å². The van der Waals surface area contributed by atoms with Gasteiger partial charge in [0.2, 0.25) is 5.91 Å². The fourth-order valence-electron chi connectivity index (χ4n) is 3.51. The number of benzene rings is 2. The zero-order valence-electron chi connectivity index (χ0n) is 18.7. The normalized spacial score (nSPS) is 13.9. The molecule has 1 amide bonds. The summed E-state index contributed by atoms with van der Waals surface area (Å²) in [6.45, 7) is 5.26. The van der Waals surface area contributed by atoms with Gasteiger partial charge in [-0.2, -0.15) is 0 Å². The Morgan fingerprint density at radius 1 is 1.12 bits per heavy atom. The summed E-state index contributed by atoms with van der Waals surface area (Å²) in [7, 11) is 0. The third kappa shape index (κ3) is 8.22. The predicted molar refractivity (Wildman–Crippen MR) is 139 cm³/mol. The minimum absolute atomic E-state index is 0. The number of ether oxygens (including phenoxy) is 1. The minimum atomic E-state index is -0.197. The molecule has 7 nitrogen and oxygen atoms in total. The lowest BCUT2D eigenvalue weighted by Crippen LogP contribution is -2.41. The van der Waals surface area contributed by atoms with Gasteiger partial charge < -0.3 is 25.8 Å². The highest BCUT2D eigenvalue weighted by atomic mass is 127. The topological polar surface area (TPSA) is 95.0 Å². The van der Waals surface area contributed by atoms with Crippen molar-refractivity contribution in [2.24, 2.45) is 4.99 Å². The number of phenolic OH excluding ortho intramolecular Hbond substituents is 1. The van der Waals surface area contributed by atoms with Crippen LogP contribution in [-0.2, 0) is 11.3 Å². The number of phenols is 1. The summed E-state index contributed by atoms with van der Waals surface area (Å²) in [5.41, 5.74) is 2.82. The van der Waals surface area contributed by atoms with Crippen LogP contribution in [0.4, 0.5) is 5.69 Å². The molecule has 0 atom stereocenters. The van der Waals surface area contributed by atoms with Gasteiger partial charge in [-0.1, -0.05) is 12.1 Å². The number of guanidine groups is 1. The monoisotopic (exact) mass is 552 g/mol. The van der Waals surface area contributed by atoms with E-state index in [2.05, 4.69) is 46.1 Å². The Labute approximate surface area is 207 Å². The maximum atomic E-state index is 12.2. The van der Waals surface area contributed by atoms with Crippen LogP contribution in [0.25, 0.3) is 0 Å². The summed E-state index contributed by atoms with van der Waals surface area (Å²) in [4.78, 5) is 16.9. The lowest BCUT2D eigenvalue weighted by Gasteiger charge is -2.17. The Bertz CT molecular complexity index is 897. The van der Waals surface area contributed by atoms with Crippen LogP contribution in [0.2, 0.25) is 0 Å². The SMILES string of the molecule is CCNC(=NCc1ccc(C)cc1OC1CCCC1)NCC(=O)Nc1ccc(O)cc1.I. The number of hydrogen-bond acceptors (Lipinski definition) is 4. The number of aromatic hydroxyl groups is 1. The standard InChI is InChI=1S/C24H32N4O3.HI/c1-3-25-24(27-16-23(30)28-19-10-12-20(29)13-11-19)26-15-18-9-8-17(2)14-22(18)31-21-6-4-5-7-21;/h8-14,21,29H,3-7,15-16H2,1-2H3,(H,28,30)(H2,25,26,27);1H. The van der Waals surface area contributed by atoms with Gasteiger partial charge in [-0.05, 0) is 75.4 Å². The van der Waals surface area contributed by atoms with Gasteiger partial charge in [0.1, 0.15) is 11.5 Å². The molecule has 0 aliphatic heterocycles. The zero-order valence-corrected chi connectivity index (χ0v) is 21.0. The number of nitrogens with one attached hydrogen (secondary N) is 3. The average Bonchev–Trinajstić information content (AvgIpc) is 3.26. The Kier molecular flexibility index (Phi) is 10.6. The fraction of sp³-hybridized carbons (Fsp3) is 0.417. The largest absolute Gasteiger partial charge is 0.508 e. The van der Waals surface area contributed by atoms with E-state index in [9.17, 15) is 9.90 Å². The molecule has 3 rings (SSSR count). The number of nitrogens with zero attached hydrogens (tertiary/aromatic N) is 1. The molecule has 0 spiro atoms. The molecular formula is C24H33IN4O3. The van der Waals surface area contributed by atoms with E-state index >= 15 is 0 Å². The van der Waals surface area contributed by atoms with Crippen molar-refractivity contribution in [3.63, 3.8) is 0 Å². The highest BCUT2D eigenvalue weighted by Crippen LogP contribution is 2.28. The summed E-state index contributed by atoms with van der Waals surface area (Å²) < 4.78 is 6.26. The van der Waals surface area contributed by atoms with Crippen molar-refractivity contribution in [1.82, 2.24) is 10.6 Å². The molecular weight excluding hydrogens is 519 g/mol. The number of rotatable bonds is 8. The number of carbonyl (C=O) groups is 1. The van der Waals surface area contributed by atoms with Crippen LogP contribution in [0.1, 0.15) is 43.7 Å². The predicted octanol–water partition coefficient (Wildman–Crippen LogP) is 4.33. The molecule has 174 valence electrons. The molecule has 1 saturated carbocycles. The first-order valence-electron chi connectivity index (χ1n) is 10.9. The minimum Gasteiger partial charge on any atom is -0.508 e. The molecule has 0 unspecified atom stereocenters. The van der Waals surface area contributed by atoms with Crippen molar-refractivity contribution in [2.45, 2.75) is 52.2 Å². The van der Waals surface area contributed by atoms with E-state index in [1.54, 1.807) is 12.1 Å².